The van der Waals surface area contributed by atoms with Crippen molar-refractivity contribution in [3.63, 3.8) is 0 Å². The molecule has 1 heterocycles. The quantitative estimate of drug-likeness (QED) is 0.563. The molecular weight excluding hydrogens is 266 g/mol. The van der Waals surface area contributed by atoms with Crippen LogP contribution in [0.1, 0.15) is 0 Å². The van der Waals surface area contributed by atoms with Crippen LogP contribution in [0.25, 0.3) is 0 Å². The van der Waals surface area contributed by atoms with E-state index >= 15 is 0 Å². The molecule has 0 spiro atoms. The molecule has 1 aromatic heterocycles. The Hall–Kier alpha value is -1.41. The molecule has 0 fully saturated rings. The Morgan fingerprint density at radius 1 is 1.67 bits per heavy atom. The molecule has 8 heteroatoms. The Morgan fingerprint density at radius 2 is 2.33 bits per heavy atom. The zero-order chi connectivity index (χ0) is 11.4. The molecule has 0 aromatic carbocycles. The molecule has 1 rings (SSSR count). The van der Waals surface area contributed by atoms with Crippen molar-refractivity contribution < 1.29 is 9.90 Å². The van der Waals surface area contributed by atoms with E-state index < -0.39 is 12.0 Å². The average molecular weight is 276 g/mol. The Kier molecular flexibility index (Phi) is 3.81. The first-order valence-electron chi connectivity index (χ1n) is 3.99. The standard InChI is InChI=1S/C7H10BrN5O2/c8-4-5(9)12-2-13-7(4)11-1-3(14)6(10)15/h2-3,14H,1H2,(H2,10,15)(H3,9,11,12,13). The molecule has 1 atom stereocenters. The summed E-state index contributed by atoms with van der Waals surface area (Å²) in [5, 5.41) is 11.8. The highest BCUT2D eigenvalue weighted by Crippen LogP contribution is 2.23. The number of anilines is 2. The summed E-state index contributed by atoms with van der Waals surface area (Å²) in [7, 11) is 0. The number of amides is 1. The van der Waals surface area contributed by atoms with Gasteiger partial charge in [0.15, 0.2) is 0 Å². The summed E-state index contributed by atoms with van der Waals surface area (Å²) in [5.41, 5.74) is 10.4. The summed E-state index contributed by atoms with van der Waals surface area (Å²) in [5.74, 6) is -0.149. The summed E-state index contributed by atoms with van der Waals surface area (Å²) in [4.78, 5) is 18.1. The topological polar surface area (TPSA) is 127 Å². The van der Waals surface area contributed by atoms with E-state index in [1.807, 2.05) is 0 Å². The van der Waals surface area contributed by atoms with E-state index in [1.54, 1.807) is 0 Å². The van der Waals surface area contributed by atoms with Crippen LogP contribution in [-0.4, -0.2) is 33.6 Å². The van der Waals surface area contributed by atoms with E-state index in [1.165, 1.54) is 6.33 Å². The van der Waals surface area contributed by atoms with Gasteiger partial charge in [-0.1, -0.05) is 0 Å². The number of primary amides is 1. The first-order chi connectivity index (χ1) is 7.02. The third-order valence-electron chi connectivity index (χ3n) is 1.61. The smallest absolute Gasteiger partial charge is 0.248 e. The van der Waals surface area contributed by atoms with Crippen molar-refractivity contribution in [3.05, 3.63) is 10.8 Å². The molecule has 82 valence electrons. The molecule has 6 N–H and O–H groups in total. The van der Waals surface area contributed by atoms with Gasteiger partial charge in [0.25, 0.3) is 0 Å². The number of aromatic nitrogens is 2. The molecule has 0 saturated carbocycles. The number of hydrogen-bond acceptors (Lipinski definition) is 6. The lowest BCUT2D eigenvalue weighted by molar-refractivity contribution is -0.125. The number of rotatable bonds is 4. The van der Waals surface area contributed by atoms with E-state index in [-0.39, 0.29) is 12.4 Å². The molecule has 0 aliphatic rings. The van der Waals surface area contributed by atoms with Crippen LogP contribution in [0.15, 0.2) is 10.8 Å². The second kappa shape index (κ2) is 4.89. The van der Waals surface area contributed by atoms with Crippen LogP contribution in [0.3, 0.4) is 0 Å². The molecule has 0 bridgehead atoms. The van der Waals surface area contributed by atoms with Gasteiger partial charge in [0.2, 0.25) is 5.91 Å². The van der Waals surface area contributed by atoms with Crippen LogP contribution in [0.4, 0.5) is 11.6 Å². The van der Waals surface area contributed by atoms with Crippen molar-refractivity contribution in [2.24, 2.45) is 5.73 Å². The largest absolute Gasteiger partial charge is 0.383 e. The van der Waals surface area contributed by atoms with Gasteiger partial charge in [-0.3, -0.25) is 4.79 Å². The van der Waals surface area contributed by atoms with Crippen LogP contribution in [-0.2, 0) is 4.79 Å². The maximum atomic E-state index is 10.5. The van der Waals surface area contributed by atoms with Gasteiger partial charge in [0, 0.05) is 0 Å². The molecule has 0 radical (unpaired) electrons. The Balaban J connectivity index is 2.66. The van der Waals surface area contributed by atoms with Gasteiger partial charge >= 0.3 is 0 Å². The number of carbonyl (C=O) groups excluding carboxylic acids is 1. The minimum Gasteiger partial charge on any atom is -0.383 e. The molecule has 1 aromatic rings. The van der Waals surface area contributed by atoms with Gasteiger partial charge in [0.1, 0.15) is 28.5 Å². The third kappa shape index (κ3) is 3.03. The van der Waals surface area contributed by atoms with E-state index in [9.17, 15) is 4.79 Å². The van der Waals surface area contributed by atoms with Crippen molar-refractivity contribution in [1.82, 2.24) is 9.97 Å². The second-order valence-electron chi connectivity index (χ2n) is 2.72. The van der Waals surface area contributed by atoms with Crippen LogP contribution in [0.2, 0.25) is 0 Å². The fraction of sp³-hybridized carbons (Fsp3) is 0.286. The minimum atomic E-state index is -1.27. The molecular formula is C7H10BrN5O2. The minimum absolute atomic E-state index is 0.0373. The average Bonchev–Trinajstić information content (AvgIpc) is 2.19. The fourth-order valence-corrected chi connectivity index (χ4v) is 1.15. The number of nitrogen functional groups attached to an aromatic ring is 1. The number of nitrogens with one attached hydrogen (secondary N) is 1. The number of aliphatic hydroxyl groups is 1. The normalized spacial score (nSPS) is 12.1. The highest BCUT2D eigenvalue weighted by atomic mass is 79.9. The van der Waals surface area contributed by atoms with E-state index in [0.717, 1.165) is 0 Å². The lowest BCUT2D eigenvalue weighted by Gasteiger charge is -2.10. The van der Waals surface area contributed by atoms with Gasteiger partial charge in [-0.05, 0) is 15.9 Å². The van der Waals surface area contributed by atoms with Crippen molar-refractivity contribution in [1.29, 1.82) is 0 Å². The number of aliphatic hydroxyl groups excluding tert-OH is 1. The SMILES string of the molecule is NC(=O)C(O)CNc1ncnc(N)c1Br. The maximum Gasteiger partial charge on any atom is 0.248 e. The second-order valence-corrected chi connectivity index (χ2v) is 3.51. The van der Waals surface area contributed by atoms with E-state index in [2.05, 4.69) is 31.2 Å². The molecule has 0 aliphatic heterocycles. The lowest BCUT2D eigenvalue weighted by Crippen LogP contribution is -2.34. The number of nitrogens with two attached hydrogens (primary N) is 2. The number of carbonyl (C=O) groups is 1. The van der Waals surface area contributed by atoms with Gasteiger partial charge in [-0.25, -0.2) is 9.97 Å². The summed E-state index contributed by atoms with van der Waals surface area (Å²) in [6.45, 7) is -0.0373. The van der Waals surface area contributed by atoms with Crippen molar-refractivity contribution in [2.45, 2.75) is 6.10 Å². The van der Waals surface area contributed by atoms with Crippen LogP contribution < -0.4 is 16.8 Å². The Bertz CT molecular complexity index is 372. The molecule has 0 aliphatic carbocycles. The van der Waals surface area contributed by atoms with Crippen molar-refractivity contribution in [3.8, 4) is 0 Å². The molecule has 7 nitrogen and oxygen atoms in total. The van der Waals surface area contributed by atoms with Gasteiger partial charge in [-0.15, -0.1) is 0 Å². The van der Waals surface area contributed by atoms with Crippen LogP contribution in [0.5, 0.6) is 0 Å². The number of hydrogen-bond donors (Lipinski definition) is 4. The van der Waals surface area contributed by atoms with Crippen molar-refractivity contribution >= 4 is 33.5 Å². The zero-order valence-corrected chi connectivity index (χ0v) is 9.23. The van der Waals surface area contributed by atoms with Gasteiger partial charge in [0.05, 0.1) is 6.54 Å². The molecule has 15 heavy (non-hydrogen) atoms. The van der Waals surface area contributed by atoms with Crippen LogP contribution in [0, 0.1) is 0 Å². The Morgan fingerprint density at radius 3 is 2.93 bits per heavy atom. The first kappa shape index (κ1) is 11.7. The van der Waals surface area contributed by atoms with Gasteiger partial charge < -0.3 is 21.9 Å². The summed E-state index contributed by atoms with van der Waals surface area (Å²) >= 11 is 3.16. The molecule has 1 amide bonds. The number of halogens is 1. The zero-order valence-electron chi connectivity index (χ0n) is 7.64. The van der Waals surface area contributed by atoms with E-state index in [4.69, 9.17) is 16.6 Å². The van der Waals surface area contributed by atoms with Crippen LogP contribution >= 0.6 is 15.9 Å². The summed E-state index contributed by atoms with van der Waals surface area (Å²) < 4.78 is 0.474. The summed E-state index contributed by atoms with van der Waals surface area (Å²) in [6, 6.07) is 0. The molecule has 0 saturated heterocycles. The summed E-state index contributed by atoms with van der Waals surface area (Å²) in [6.07, 6.45) is -0.00732. The Labute approximate surface area is 94.0 Å². The first-order valence-corrected chi connectivity index (χ1v) is 4.79. The van der Waals surface area contributed by atoms with E-state index in [0.29, 0.717) is 10.3 Å². The highest BCUT2D eigenvalue weighted by molar-refractivity contribution is 9.10. The predicted octanol–water partition coefficient (Wildman–Crippen LogP) is -0.921. The molecule has 1 unspecified atom stereocenters. The fourth-order valence-electron chi connectivity index (χ4n) is 0.801. The third-order valence-corrected chi connectivity index (χ3v) is 2.39. The lowest BCUT2D eigenvalue weighted by atomic mass is 10.3. The van der Waals surface area contributed by atoms with Crippen molar-refractivity contribution in [2.75, 3.05) is 17.6 Å². The highest BCUT2D eigenvalue weighted by Gasteiger charge is 2.12. The predicted molar refractivity (Wildman–Crippen MR) is 57.8 cm³/mol. The maximum absolute atomic E-state index is 10.5. The van der Waals surface area contributed by atoms with Gasteiger partial charge in [-0.2, -0.15) is 0 Å². The number of nitrogens with zero attached hydrogens (tertiary/aromatic N) is 2. The monoisotopic (exact) mass is 275 g/mol.